The summed E-state index contributed by atoms with van der Waals surface area (Å²) in [7, 11) is 0. The van der Waals surface area contributed by atoms with Gasteiger partial charge in [0, 0.05) is 25.3 Å². The van der Waals surface area contributed by atoms with Crippen molar-refractivity contribution in [1.82, 2.24) is 30.1 Å². The monoisotopic (exact) mass is 412 g/mol. The van der Waals surface area contributed by atoms with E-state index in [0.29, 0.717) is 25.1 Å². The molecule has 8 heteroatoms. The van der Waals surface area contributed by atoms with Crippen LogP contribution < -0.4 is 5.56 Å². The molecule has 0 aliphatic heterocycles. The maximum absolute atomic E-state index is 12.8. The van der Waals surface area contributed by atoms with E-state index >= 15 is 0 Å². The largest absolute Gasteiger partial charge is 0.396 e. The molecular weight excluding hydrogens is 380 g/mol. The number of tetrazole rings is 1. The molecule has 1 aromatic carbocycles. The van der Waals surface area contributed by atoms with Gasteiger partial charge in [-0.25, -0.2) is 4.68 Å². The molecule has 2 aromatic heterocycles. The molecule has 0 bridgehead atoms. The minimum absolute atomic E-state index is 0.0709. The van der Waals surface area contributed by atoms with Gasteiger partial charge < -0.3 is 10.1 Å². The van der Waals surface area contributed by atoms with Crippen LogP contribution in [0.3, 0.4) is 0 Å². The van der Waals surface area contributed by atoms with E-state index in [1.54, 1.807) is 0 Å². The van der Waals surface area contributed by atoms with Gasteiger partial charge in [-0.2, -0.15) is 0 Å². The lowest BCUT2D eigenvalue weighted by Gasteiger charge is -2.32. The lowest BCUT2D eigenvalue weighted by molar-refractivity contribution is 0.146. The van der Waals surface area contributed by atoms with Crippen LogP contribution >= 0.6 is 0 Å². The topological polar surface area (TPSA) is 99.9 Å². The van der Waals surface area contributed by atoms with Gasteiger partial charge in [0.15, 0.2) is 5.82 Å². The summed E-state index contributed by atoms with van der Waals surface area (Å²) >= 11 is 0. The van der Waals surface area contributed by atoms with Crippen LogP contribution in [0.2, 0.25) is 0 Å². The van der Waals surface area contributed by atoms with E-state index in [2.05, 4.69) is 53.1 Å². The number of aryl methyl sites for hydroxylation is 1. The summed E-state index contributed by atoms with van der Waals surface area (Å²) < 4.78 is 1.85. The van der Waals surface area contributed by atoms with Crippen LogP contribution in [-0.4, -0.2) is 48.3 Å². The van der Waals surface area contributed by atoms with Gasteiger partial charge >= 0.3 is 0 Å². The Morgan fingerprint density at radius 1 is 1.30 bits per heavy atom. The third-order valence-electron chi connectivity index (χ3n) is 5.40. The number of hydrogen-bond donors (Lipinski definition) is 2. The van der Waals surface area contributed by atoms with E-state index in [-0.39, 0.29) is 23.7 Å². The molecule has 0 saturated carbocycles. The van der Waals surface area contributed by atoms with Crippen LogP contribution in [0.5, 0.6) is 0 Å². The van der Waals surface area contributed by atoms with Crippen LogP contribution in [-0.2, 0) is 12.1 Å². The molecular formula is C22H32N6O2. The highest BCUT2D eigenvalue weighted by atomic mass is 16.3. The van der Waals surface area contributed by atoms with Crippen molar-refractivity contribution in [2.45, 2.75) is 65.6 Å². The van der Waals surface area contributed by atoms with Crippen molar-refractivity contribution in [2.24, 2.45) is 0 Å². The number of aromatic amines is 1. The van der Waals surface area contributed by atoms with Gasteiger partial charge in [0.25, 0.3) is 5.56 Å². The number of aliphatic hydroxyl groups is 1. The number of rotatable bonds is 8. The van der Waals surface area contributed by atoms with Crippen molar-refractivity contribution in [2.75, 3.05) is 13.2 Å². The molecule has 0 radical (unpaired) electrons. The van der Waals surface area contributed by atoms with E-state index in [1.807, 2.05) is 35.9 Å². The standard InChI is InChI=1S/C22H32N6O2/c1-6-18(20-24-25-26-28(20)22(3,4)5)27(11-8-12-29)14-17-13-16-10-7-9-15(2)19(16)23-21(17)30/h7,9-10,13,18,29H,6,8,11-12,14H2,1-5H3,(H,23,30)/t18-/m0/s1. The normalized spacial score (nSPS) is 13.3. The second-order valence-electron chi connectivity index (χ2n) is 8.75. The zero-order valence-electron chi connectivity index (χ0n) is 18.5. The first kappa shape index (κ1) is 22.1. The molecule has 8 nitrogen and oxygen atoms in total. The maximum Gasteiger partial charge on any atom is 0.252 e. The first-order valence-electron chi connectivity index (χ1n) is 10.5. The summed E-state index contributed by atoms with van der Waals surface area (Å²) in [4.78, 5) is 18.1. The van der Waals surface area contributed by atoms with Gasteiger partial charge in [0.05, 0.1) is 17.1 Å². The predicted octanol–water partition coefficient (Wildman–Crippen LogP) is 2.91. The van der Waals surface area contributed by atoms with Crippen molar-refractivity contribution in [3.63, 3.8) is 0 Å². The lowest BCUT2D eigenvalue weighted by atomic mass is 10.1. The third-order valence-corrected chi connectivity index (χ3v) is 5.40. The van der Waals surface area contributed by atoms with Gasteiger partial charge in [0.2, 0.25) is 0 Å². The molecule has 0 unspecified atom stereocenters. The summed E-state index contributed by atoms with van der Waals surface area (Å²) in [6.07, 6.45) is 1.39. The Kier molecular flexibility index (Phi) is 6.67. The highest BCUT2D eigenvalue weighted by Crippen LogP contribution is 2.27. The van der Waals surface area contributed by atoms with Gasteiger partial charge in [-0.05, 0) is 68.0 Å². The zero-order chi connectivity index (χ0) is 21.9. The second-order valence-corrected chi connectivity index (χ2v) is 8.75. The summed E-state index contributed by atoms with van der Waals surface area (Å²) in [6.45, 7) is 11.4. The van der Waals surface area contributed by atoms with E-state index in [4.69, 9.17) is 0 Å². The summed E-state index contributed by atoms with van der Waals surface area (Å²) in [6, 6.07) is 7.89. The van der Waals surface area contributed by atoms with Crippen molar-refractivity contribution in [1.29, 1.82) is 0 Å². The van der Waals surface area contributed by atoms with Crippen LogP contribution in [0.4, 0.5) is 0 Å². The molecule has 1 atom stereocenters. The fourth-order valence-corrected chi connectivity index (χ4v) is 3.87. The summed E-state index contributed by atoms with van der Waals surface area (Å²) in [5.41, 5.74) is 2.27. The number of benzene rings is 1. The second kappa shape index (κ2) is 9.06. The smallest absolute Gasteiger partial charge is 0.252 e. The molecule has 0 aliphatic carbocycles. The van der Waals surface area contributed by atoms with Gasteiger partial charge in [-0.15, -0.1) is 5.10 Å². The molecule has 3 rings (SSSR count). The van der Waals surface area contributed by atoms with Crippen molar-refractivity contribution < 1.29 is 5.11 Å². The molecule has 0 aliphatic rings. The first-order valence-corrected chi connectivity index (χ1v) is 10.5. The van der Waals surface area contributed by atoms with Gasteiger partial charge in [0.1, 0.15) is 0 Å². The lowest BCUT2D eigenvalue weighted by Crippen LogP contribution is -2.36. The van der Waals surface area contributed by atoms with Crippen LogP contribution in [0.1, 0.15) is 63.5 Å². The average molecular weight is 413 g/mol. The molecule has 0 fully saturated rings. The summed E-state index contributed by atoms with van der Waals surface area (Å²) in [5, 5.41) is 22.9. The average Bonchev–Trinajstić information content (AvgIpc) is 3.18. The third kappa shape index (κ3) is 4.60. The summed E-state index contributed by atoms with van der Waals surface area (Å²) in [5.74, 6) is 0.774. The number of hydrogen-bond acceptors (Lipinski definition) is 6. The Hall–Kier alpha value is -2.58. The number of aliphatic hydroxyl groups excluding tert-OH is 1. The van der Waals surface area contributed by atoms with Crippen LogP contribution in [0, 0.1) is 6.92 Å². The van der Waals surface area contributed by atoms with Crippen molar-refractivity contribution in [3.05, 3.63) is 51.6 Å². The number of nitrogens with one attached hydrogen (secondary N) is 1. The molecule has 162 valence electrons. The number of H-pyrrole nitrogens is 1. The van der Waals surface area contributed by atoms with E-state index in [0.717, 1.165) is 28.7 Å². The minimum atomic E-state index is -0.257. The molecule has 3 aromatic rings. The Morgan fingerprint density at radius 2 is 2.07 bits per heavy atom. The van der Waals surface area contributed by atoms with Crippen LogP contribution in [0.25, 0.3) is 10.9 Å². The SMILES string of the molecule is CC[C@@H](c1nnnn1C(C)(C)C)N(CCCO)Cc1cc2cccc(C)c2[nH]c1=O. The molecule has 2 heterocycles. The quantitative estimate of drug-likeness (QED) is 0.590. The molecule has 0 saturated heterocycles. The van der Waals surface area contributed by atoms with E-state index < -0.39 is 0 Å². The van der Waals surface area contributed by atoms with Gasteiger partial charge in [-0.3, -0.25) is 9.69 Å². The number of aromatic nitrogens is 5. The molecule has 30 heavy (non-hydrogen) atoms. The van der Waals surface area contributed by atoms with Crippen LogP contribution in [0.15, 0.2) is 29.1 Å². The Morgan fingerprint density at radius 3 is 2.73 bits per heavy atom. The van der Waals surface area contributed by atoms with E-state index in [9.17, 15) is 9.90 Å². The zero-order valence-corrected chi connectivity index (χ0v) is 18.5. The first-order chi connectivity index (χ1) is 14.3. The number of para-hydroxylation sites is 1. The minimum Gasteiger partial charge on any atom is -0.396 e. The van der Waals surface area contributed by atoms with Crippen molar-refractivity contribution in [3.8, 4) is 0 Å². The number of pyridine rings is 1. The molecule has 2 N–H and O–H groups in total. The predicted molar refractivity (Wildman–Crippen MR) is 117 cm³/mol. The highest BCUT2D eigenvalue weighted by Gasteiger charge is 2.29. The Bertz CT molecular complexity index is 1050. The number of nitrogens with zero attached hydrogens (tertiary/aromatic N) is 5. The van der Waals surface area contributed by atoms with E-state index in [1.165, 1.54) is 0 Å². The number of fused-ring (bicyclic) bond motifs is 1. The fraction of sp³-hybridized carbons (Fsp3) is 0.545. The van der Waals surface area contributed by atoms with Crippen molar-refractivity contribution >= 4 is 10.9 Å². The Labute approximate surface area is 176 Å². The maximum atomic E-state index is 12.8. The Balaban J connectivity index is 2.00. The molecule has 0 amide bonds. The molecule has 0 spiro atoms. The highest BCUT2D eigenvalue weighted by molar-refractivity contribution is 5.81. The van der Waals surface area contributed by atoms with Gasteiger partial charge in [-0.1, -0.05) is 25.1 Å². The fourth-order valence-electron chi connectivity index (χ4n) is 3.87.